The van der Waals surface area contributed by atoms with E-state index in [1.807, 2.05) is 0 Å². The molecule has 10 nitrogen and oxygen atoms in total. The molecule has 5 aliphatic rings. The summed E-state index contributed by atoms with van der Waals surface area (Å²) in [5.41, 5.74) is 2.99. The van der Waals surface area contributed by atoms with E-state index in [1.54, 1.807) is 0 Å². The summed E-state index contributed by atoms with van der Waals surface area (Å²) in [4.78, 5) is 17.7. The zero-order valence-electron chi connectivity index (χ0n) is 24.5. The van der Waals surface area contributed by atoms with Gasteiger partial charge in [0.25, 0.3) is 0 Å². The molecule has 5 atom stereocenters. The van der Waals surface area contributed by atoms with Crippen molar-refractivity contribution in [2.75, 3.05) is 50.2 Å². The number of fused-ring (bicyclic) bond motifs is 6. The van der Waals surface area contributed by atoms with Crippen LogP contribution in [0.3, 0.4) is 0 Å². The number of anilines is 2. The average molecular weight is 650 g/mol. The Morgan fingerprint density at radius 1 is 1.16 bits per heavy atom. The highest BCUT2D eigenvalue weighted by molar-refractivity contribution is 6.36. The van der Waals surface area contributed by atoms with Gasteiger partial charge in [-0.15, -0.1) is 0 Å². The van der Waals surface area contributed by atoms with Gasteiger partial charge < -0.3 is 30.2 Å². The summed E-state index contributed by atoms with van der Waals surface area (Å²) in [6.07, 6.45) is -1.09. The van der Waals surface area contributed by atoms with Crippen molar-refractivity contribution >= 4 is 34.1 Å². The van der Waals surface area contributed by atoms with E-state index in [-0.39, 0.29) is 76.4 Å². The fraction of sp³-hybridized carbons (Fsp3) is 0.567. The molecule has 0 amide bonds. The zero-order chi connectivity index (χ0) is 31.2. The molecular weight excluding hydrogens is 618 g/mol. The van der Waals surface area contributed by atoms with Gasteiger partial charge in [-0.2, -0.15) is 23.1 Å². The minimum atomic E-state index is -4.87. The number of aromatic nitrogens is 3. The number of rotatable bonds is 4. The molecule has 5 aliphatic heterocycles. The molecule has 4 fully saturated rings. The molecule has 2 aromatic heterocycles. The van der Waals surface area contributed by atoms with Crippen molar-refractivity contribution < 1.29 is 31.8 Å². The molecular formula is C30H32ClF4N7O3. The lowest BCUT2D eigenvalue weighted by Gasteiger charge is -2.40. The van der Waals surface area contributed by atoms with Crippen LogP contribution in [0.4, 0.5) is 29.2 Å². The Hall–Kier alpha value is -3.20. The third kappa shape index (κ3) is 4.74. The number of nitrogens with one attached hydrogen (secondary N) is 1. The van der Waals surface area contributed by atoms with Crippen LogP contribution in [-0.4, -0.2) is 89.6 Å². The highest BCUT2D eigenvalue weighted by Gasteiger charge is 2.45. The predicted molar refractivity (Wildman–Crippen MR) is 158 cm³/mol. The van der Waals surface area contributed by atoms with E-state index in [2.05, 4.69) is 25.1 Å². The number of ether oxygens (including phenoxy) is 3. The van der Waals surface area contributed by atoms with Gasteiger partial charge in [0.2, 0.25) is 0 Å². The van der Waals surface area contributed by atoms with Crippen molar-refractivity contribution in [3.8, 4) is 23.0 Å². The van der Waals surface area contributed by atoms with Crippen LogP contribution in [0.15, 0.2) is 6.07 Å². The lowest BCUT2D eigenvalue weighted by Crippen LogP contribution is -2.60. The number of nitrogens with zero attached hydrogens (tertiary/aromatic N) is 5. The van der Waals surface area contributed by atoms with Gasteiger partial charge in [0.1, 0.15) is 30.4 Å². The van der Waals surface area contributed by atoms with Gasteiger partial charge in [0.05, 0.1) is 46.5 Å². The molecule has 45 heavy (non-hydrogen) atoms. The van der Waals surface area contributed by atoms with Gasteiger partial charge in [-0.1, -0.05) is 11.6 Å². The number of piperazine rings is 1. The summed E-state index contributed by atoms with van der Waals surface area (Å²) >= 11 is 6.81. The van der Waals surface area contributed by atoms with Gasteiger partial charge in [-0.25, -0.2) is 9.37 Å². The predicted octanol–water partition coefficient (Wildman–Crippen LogP) is 4.34. The van der Waals surface area contributed by atoms with Crippen LogP contribution >= 0.6 is 11.6 Å². The number of alkyl halides is 3. The van der Waals surface area contributed by atoms with Gasteiger partial charge >= 0.3 is 12.2 Å². The Labute approximate surface area is 261 Å². The molecule has 240 valence electrons. The van der Waals surface area contributed by atoms with Crippen molar-refractivity contribution in [1.82, 2.24) is 25.2 Å². The highest BCUT2D eigenvalue weighted by atomic mass is 35.5. The number of pyridine rings is 1. The quantitative estimate of drug-likeness (QED) is 0.396. The zero-order valence-corrected chi connectivity index (χ0v) is 25.2. The molecule has 1 aromatic carbocycles. The first-order valence-electron chi connectivity index (χ1n) is 15.3. The first-order valence-corrected chi connectivity index (χ1v) is 15.7. The maximum atomic E-state index is 16.8. The van der Waals surface area contributed by atoms with E-state index in [9.17, 15) is 13.2 Å². The Morgan fingerprint density at radius 3 is 2.82 bits per heavy atom. The Balaban J connectivity index is 1.30. The van der Waals surface area contributed by atoms with Gasteiger partial charge in [0, 0.05) is 37.3 Å². The minimum absolute atomic E-state index is 0.0110. The summed E-state index contributed by atoms with van der Waals surface area (Å²) in [6, 6.07) is 1.58. The molecule has 15 heteroatoms. The monoisotopic (exact) mass is 649 g/mol. The smallest absolute Gasteiger partial charge is 0.418 e. The average Bonchev–Trinajstić information content (AvgIpc) is 3.54. The van der Waals surface area contributed by atoms with Crippen LogP contribution in [0.1, 0.15) is 36.8 Å². The van der Waals surface area contributed by atoms with Crippen LogP contribution in [0.2, 0.25) is 5.02 Å². The standard InChI is InChI=1S/C30H32ClF4N7O3/c1-13-8-19(36)38-25(22(13)30(33,34)35)20-23(31)27-21-26(24(20)32)39-29(45-11-16-4-3-15-10-43-7-6-41(15)16)40-28(21)42-9-14-2-5-17(37-14)18(42)12-44-27/h8,14-18,37H,2-7,9-12H2,1H3,(H2,36,38)/t14-,15?,16?,17+,18-/m1/s1. The first-order chi connectivity index (χ1) is 21.6. The molecule has 8 rings (SSSR count). The van der Waals surface area contributed by atoms with Crippen LogP contribution in [-0.2, 0) is 10.9 Å². The van der Waals surface area contributed by atoms with Crippen LogP contribution < -0.4 is 25.4 Å². The second-order valence-corrected chi connectivity index (χ2v) is 12.9. The van der Waals surface area contributed by atoms with E-state index in [1.165, 1.54) is 6.92 Å². The third-order valence-electron chi connectivity index (χ3n) is 9.91. The summed E-state index contributed by atoms with van der Waals surface area (Å²) < 4.78 is 78.1. The Bertz CT molecular complexity index is 1690. The molecule has 0 radical (unpaired) electrons. The fourth-order valence-electron chi connectivity index (χ4n) is 7.89. The molecule has 7 heterocycles. The summed E-state index contributed by atoms with van der Waals surface area (Å²) in [5.74, 6) is -0.884. The van der Waals surface area contributed by atoms with Gasteiger partial charge in [-0.3, -0.25) is 4.90 Å². The summed E-state index contributed by atoms with van der Waals surface area (Å²) in [6.45, 7) is 4.38. The molecule has 3 aromatic rings. The largest absolute Gasteiger partial charge is 0.489 e. The van der Waals surface area contributed by atoms with Crippen molar-refractivity contribution in [2.24, 2.45) is 0 Å². The fourth-order valence-corrected chi connectivity index (χ4v) is 8.21. The molecule has 0 spiro atoms. The highest BCUT2D eigenvalue weighted by Crippen LogP contribution is 2.51. The number of hydrogen-bond acceptors (Lipinski definition) is 10. The number of nitrogen functional groups attached to an aromatic ring is 1. The number of aryl methyl sites for hydroxylation is 1. The lowest BCUT2D eigenvalue weighted by molar-refractivity contribution is -0.137. The van der Waals surface area contributed by atoms with Gasteiger partial charge in [0.15, 0.2) is 11.6 Å². The molecule has 2 bridgehead atoms. The number of halogens is 5. The molecule has 2 unspecified atom stereocenters. The Morgan fingerprint density at radius 2 is 2.00 bits per heavy atom. The van der Waals surface area contributed by atoms with E-state index in [0.717, 1.165) is 38.3 Å². The van der Waals surface area contributed by atoms with Crippen LogP contribution in [0, 0.1) is 12.7 Å². The maximum absolute atomic E-state index is 16.8. The van der Waals surface area contributed by atoms with Crippen LogP contribution in [0.5, 0.6) is 11.8 Å². The minimum Gasteiger partial charge on any atom is -0.489 e. The van der Waals surface area contributed by atoms with Crippen molar-refractivity contribution in [1.29, 1.82) is 0 Å². The van der Waals surface area contributed by atoms with E-state index < -0.39 is 28.8 Å². The summed E-state index contributed by atoms with van der Waals surface area (Å²) in [5, 5.41) is 3.46. The van der Waals surface area contributed by atoms with Crippen molar-refractivity contribution in [2.45, 2.75) is 69.0 Å². The second kappa shape index (κ2) is 10.7. The van der Waals surface area contributed by atoms with Crippen molar-refractivity contribution in [3.05, 3.63) is 28.0 Å². The molecule has 0 aliphatic carbocycles. The summed E-state index contributed by atoms with van der Waals surface area (Å²) in [7, 11) is 0. The SMILES string of the molecule is Cc1cc(N)nc(-c2c(Cl)c3c4c(nc(OCC5CCC6COCCN65)nc4c2F)N2C[C@H]4CC[C@H](N4)[C@H]2CO3)c1C(F)(F)F. The van der Waals surface area contributed by atoms with Crippen LogP contribution in [0.25, 0.3) is 22.2 Å². The number of nitrogens with two attached hydrogens (primary N) is 1. The second-order valence-electron chi connectivity index (χ2n) is 12.6. The topological polar surface area (TPSA) is 111 Å². The first kappa shape index (κ1) is 29.2. The number of morpholine rings is 1. The molecule has 0 saturated carbocycles. The normalized spacial score (nSPS) is 27.7. The lowest BCUT2D eigenvalue weighted by atomic mass is 9.98. The van der Waals surface area contributed by atoms with E-state index in [0.29, 0.717) is 31.6 Å². The maximum Gasteiger partial charge on any atom is 0.418 e. The number of benzene rings is 1. The van der Waals surface area contributed by atoms with Gasteiger partial charge in [-0.05, 0) is 44.2 Å². The molecule has 3 N–H and O–H groups in total. The molecule has 4 saturated heterocycles. The Kier molecular flexibility index (Phi) is 6.93. The van der Waals surface area contributed by atoms with Crippen molar-refractivity contribution in [3.63, 3.8) is 0 Å². The third-order valence-corrected chi connectivity index (χ3v) is 10.3. The van der Waals surface area contributed by atoms with E-state index >= 15 is 4.39 Å². The van der Waals surface area contributed by atoms with E-state index in [4.69, 9.17) is 36.5 Å². The number of hydrogen-bond donors (Lipinski definition) is 2.